The summed E-state index contributed by atoms with van der Waals surface area (Å²) in [6.45, 7) is 6.97. The lowest BCUT2D eigenvalue weighted by Crippen LogP contribution is -2.46. The number of rotatable bonds is 3. The molecule has 1 amide bonds. The molecular formula is C11H22N2O3. The van der Waals surface area contributed by atoms with Crippen LogP contribution < -0.4 is 5.32 Å². The summed E-state index contributed by atoms with van der Waals surface area (Å²) >= 11 is 0. The van der Waals surface area contributed by atoms with Crippen LogP contribution in [0.5, 0.6) is 0 Å². The predicted octanol–water partition coefficient (Wildman–Crippen LogP) is -0.407. The van der Waals surface area contributed by atoms with Crippen molar-refractivity contribution in [1.82, 2.24) is 10.2 Å². The van der Waals surface area contributed by atoms with Crippen molar-refractivity contribution in [2.24, 2.45) is 0 Å². The van der Waals surface area contributed by atoms with E-state index in [9.17, 15) is 9.90 Å². The summed E-state index contributed by atoms with van der Waals surface area (Å²) in [6.07, 6.45) is -0.483. The fourth-order valence-electron chi connectivity index (χ4n) is 1.61. The van der Waals surface area contributed by atoms with Gasteiger partial charge in [-0.15, -0.1) is 0 Å². The molecule has 0 aromatic carbocycles. The predicted molar refractivity (Wildman–Crippen MR) is 61.1 cm³/mol. The first kappa shape index (κ1) is 13.4. The van der Waals surface area contributed by atoms with E-state index in [1.807, 2.05) is 20.8 Å². The third-order valence-electron chi connectivity index (χ3n) is 2.67. The molecule has 1 heterocycles. The molecule has 5 heteroatoms. The fourth-order valence-corrected chi connectivity index (χ4v) is 1.61. The molecule has 0 saturated carbocycles. The van der Waals surface area contributed by atoms with Crippen molar-refractivity contribution in [1.29, 1.82) is 0 Å². The van der Waals surface area contributed by atoms with Crippen LogP contribution >= 0.6 is 0 Å². The number of hydrogen-bond donors (Lipinski definition) is 2. The minimum Gasteiger partial charge on any atom is -0.390 e. The van der Waals surface area contributed by atoms with Crippen molar-refractivity contribution < 1.29 is 14.6 Å². The van der Waals surface area contributed by atoms with E-state index in [4.69, 9.17) is 4.74 Å². The molecule has 2 N–H and O–H groups in total. The van der Waals surface area contributed by atoms with Crippen LogP contribution in [0.15, 0.2) is 0 Å². The van der Waals surface area contributed by atoms with Crippen LogP contribution in [0.1, 0.15) is 20.8 Å². The van der Waals surface area contributed by atoms with Gasteiger partial charge in [0.25, 0.3) is 0 Å². The largest absolute Gasteiger partial charge is 0.390 e. The SMILES string of the molecule is CN(C(=O)COC(C)(C)C)[C@@H]1CNC[C@H]1O. The molecule has 0 aromatic rings. The molecule has 1 saturated heterocycles. The molecule has 1 aliphatic heterocycles. The Kier molecular flexibility index (Phi) is 4.29. The highest BCUT2D eigenvalue weighted by Crippen LogP contribution is 2.10. The highest BCUT2D eigenvalue weighted by Gasteiger charge is 2.31. The van der Waals surface area contributed by atoms with Crippen LogP contribution in [0.4, 0.5) is 0 Å². The number of β-amino-alcohol motifs (C(OH)–C–C–N with tert-alkyl or cyclic N) is 1. The highest BCUT2D eigenvalue weighted by molar-refractivity contribution is 5.77. The monoisotopic (exact) mass is 230 g/mol. The molecular weight excluding hydrogens is 208 g/mol. The van der Waals surface area contributed by atoms with E-state index in [0.717, 1.165) is 0 Å². The zero-order valence-corrected chi connectivity index (χ0v) is 10.5. The molecule has 0 radical (unpaired) electrons. The van der Waals surface area contributed by atoms with E-state index >= 15 is 0 Å². The maximum absolute atomic E-state index is 11.8. The Hall–Kier alpha value is -0.650. The summed E-state index contributed by atoms with van der Waals surface area (Å²) in [6, 6.07) is -0.143. The molecule has 0 aromatic heterocycles. The summed E-state index contributed by atoms with van der Waals surface area (Å²) in [5.41, 5.74) is -0.316. The Morgan fingerprint density at radius 3 is 2.56 bits per heavy atom. The zero-order chi connectivity index (χ0) is 12.3. The minimum absolute atomic E-state index is 0.0587. The number of aliphatic hydroxyl groups excluding tert-OH is 1. The molecule has 1 rings (SSSR count). The molecule has 1 fully saturated rings. The van der Waals surface area contributed by atoms with E-state index in [0.29, 0.717) is 13.1 Å². The molecule has 0 unspecified atom stereocenters. The summed E-state index contributed by atoms with van der Waals surface area (Å²) in [4.78, 5) is 13.4. The van der Waals surface area contributed by atoms with Crippen molar-refractivity contribution in [3.8, 4) is 0 Å². The van der Waals surface area contributed by atoms with Crippen molar-refractivity contribution in [2.75, 3.05) is 26.7 Å². The van der Waals surface area contributed by atoms with Crippen molar-refractivity contribution >= 4 is 5.91 Å². The normalized spacial score (nSPS) is 25.8. The second kappa shape index (κ2) is 5.12. The second-order valence-electron chi connectivity index (χ2n) is 5.20. The minimum atomic E-state index is -0.483. The van der Waals surface area contributed by atoms with Gasteiger partial charge in [0.05, 0.1) is 17.7 Å². The average Bonchev–Trinajstić information content (AvgIpc) is 2.58. The second-order valence-corrected chi connectivity index (χ2v) is 5.20. The third kappa shape index (κ3) is 3.73. The molecule has 1 aliphatic rings. The van der Waals surface area contributed by atoms with Crippen molar-refractivity contribution in [3.05, 3.63) is 0 Å². The maximum atomic E-state index is 11.8. The third-order valence-corrected chi connectivity index (χ3v) is 2.67. The summed E-state index contributed by atoms with van der Waals surface area (Å²) < 4.78 is 5.41. The van der Waals surface area contributed by atoms with Crippen molar-refractivity contribution in [3.63, 3.8) is 0 Å². The molecule has 0 bridgehead atoms. The van der Waals surface area contributed by atoms with Gasteiger partial charge in [-0.1, -0.05) is 0 Å². The fraction of sp³-hybridized carbons (Fsp3) is 0.909. The first-order chi connectivity index (χ1) is 7.31. The average molecular weight is 230 g/mol. The number of likely N-dealkylation sites (N-methyl/N-ethyl adjacent to an activating group) is 1. The Morgan fingerprint density at radius 2 is 2.12 bits per heavy atom. The van der Waals surface area contributed by atoms with Crippen LogP contribution in [-0.2, 0) is 9.53 Å². The molecule has 2 atom stereocenters. The number of aliphatic hydroxyl groups is 1. The quantitative estimate of drug-likeness (QED) is 0.692. The lowest BCUT2D eigenvalue weighted by atomic mass is 10.2. The van der Waals surface area contributed by atoms with Crippen LogP contribution in [0.25, 0.3) is 0 Å². The van der Waals surface area contributed by atoms with Gasteiger partial charge in [0.2, 0.25) is 5.91 Å². The van der Waals surface area contributed by atoms with Gasteiger partial charge in [-0.05, 0) is 20.8 Å². The summed E-state index contributed by atoms with van der Waals surface area (Å²) in [5, 5.41) is 12.7. The zero-order valence-electron chi connectivity index (χ0n) is 10.5. The molecule has 0 aliphatic carbocycles. The Labute approximate surface area is 96.8 Å². The standard InChI is InChI=1S/C11H22N2O3/c1-11(2,3)16-7-10(15)13(4)8-5-12-6-9(8)14/h8-9,12,14H,5-7H2,1-4H3/t8-,9-/m1/s1. The number of ether oxygens (including phenoxy) is 1. The van der Waals surface area contributed by atoms with E-state index in [1.54, 1.807) is 11.9 Å². The van der Waals surface area contributed by atoms with Crippen LogP contribution in [0.2, 0.25) is 0 Å². The topological polar surface area (TPSA) is 61.8 Å². The van der Waals surface area contributed by atoms with Gasteiger partial charge in [-0.3, -0.25) is 4.79 Å². The van der Waals surface area contributed by atoms with Crippen LogP contribution in [0, 0.1) is 0 Å². The van der Waals surface area contributed by atoms with Gasteiger partial charge in [0, 0.05) is 20.1 Å². The van der Waals surface area contributed by atoms with Crippen molar-refractivity contribution in [2.45, 2.75) is 38.5 Å². The smallest absolute Gasteiger partial charge is 0.248 e. The summed E-state index contributed by atoms with van der Waals surface area (Å²) in [7, 11) is 1.70. The first-order valence-electron chi connectivity index (χ1n) is 5.59. The molecule has 0 spiro atoms. The molecule has 16 heavy (non-hydrogen) atoms. The Balaban J connectivity index is 2.41. The van der Waals surface area contributed by atoms with Gasteiger partial charge >= 0.3 is 0 Å². The van der Waals surface area contributed by atoms with E-state index in [-0.39, 0.29) is 24.2 Å². The number of nitrogens with zero attached hydrogens (tertiary/aromatic N) is 1. The number of carbonyl (C=O) groups excluding carboxylic acids is 1. The highest BCUT2D eigenvalue weighted by atomic mass is 16.5. The van der Waals surface area contributed by atoms with E-state index < -0.39 is 6.10 Å². The molecule has 5 nitrogen and oxygen atoms in total. The Bertz CT molecular complexity index is 250. The lowest BCUT2D eigenvalue weighted by Gasteiger charge is -2.28. The molecule has 94 valence electrons. The first-order valence-corrected chi connectivity index (χ1v) is 5.59. The lowest BCUT2D eigenvalue weighted by molar-refractivity contribution is -0.143. The maximum Gasteiger partial charge on any atom is 0.248 e. The van der Waals surface area contributed by atoms with E-state index in [1.165, 1.54) is 0 Å². The van der Waals surface area contributed by atoms with Gasteiger partial charge < -0.3 is 20.1 Å². The van der Waals surface area contributed by atoms with E-state index in [2.05, 4.69) is 5.32 Å². The number of nitrogens with one attached hydrogen (secondary N) is 1. The van der Waals surface area contributed by atoms with Gasteiger partial charge in [0.15, 0.2) is 0 Å². The summed E-state index contributed by atoms with van der Waals surface area (Å²) in [5.74, 6) is -0.0947. The number of amides is 1. The van der Waals surface area contributed by atoms with Gasteiger partial charge in [-0.2, -0.15) is 0 Å². The van der Waals surface area contributed by atoms with Gasteiger partial charge in [0.1, 0.15) is 6.61 Å². The number of hydrogen-bond acceptors (Lipinski definition) is 4. The Morgan fingerprint density at radius 1 is 1.50 bits per heavy atom. The van der Waals surface area contributed by atoms with Gasteiger partial charge in [-0.25, -0.2) is 0 Å². The van der Waals surface area contributed by atoms with Crippen LogP contribution in [0.3, 0.4) is 0 Å². The van der Waals surface area contributed by atoms with Crippen LogP contribution in [-0.4, -0.2) is 60.4 Å². The number of carbonyl (C=O) groups is 1.